The van der Waals surface area contributed by atoms with Gasteiger partial charge in [0.1, 0.15) is 0 Å². The number of aliphatic hydroxyl groups excluding tert-OH is 1. The summed E-state index contributed by atoms with van der Waals surface area (Å²) in [5.74, 6) is 0.647. The van der Waals surface area contributed by atoms with Gasteiger partial charge in [0.25, 0.3) is 0 Å². The van der Waals surface area contributed by atoms with E-state index in [1.54, 1.807) is 0 Å². The molecule has 1 saturated heterocycles. The molecule has 0 spiro atoms. The van der Waals surface area contributed by atoms with Crippen molar-refractivity contribution in [2.45, 2.75) is 31.6 Å². The molecule has 0 saturated carbocycles. The third-order valence-corrected chi connectivity index (χ3v) is 3.99. The maximum absolute atomic E-state index is 12.5. The molecule has 1 unspecified atom stereocenters. The highest BCUT2D eigenvalue weighted by molar-refractivity contribution is 5.54. The van der Waals surface area contributed by atoms with Gasteiger partial charge in [-0.1, -0.05) is 17.3 Å². The van der Waals surface area contributed by atoms with Gasteiger partial charge in [-0.05, 0) is 31.5 Å². The predicted molar refractivity (Wildman–Crippen MR) is 75.3 cm³/mol. The lowest BCUT2D eigenvalue weighted by Gasteiger charge is -2.20. The van der Waals surface area contributed by atoms with Crippen LogP contribution in [0.2, 0.25) is 0 Å². The maximum Gasteiger partial charge on any atom is 0.416 e. The zero-order valence-electron chi connectivity index (χ0n) is 12.3. The van der Waals surface area contributed by atoms with Crippen LogP contribution in [0.25, 0.3) is 11.4 Å². The predicted octanol–water partition coefficient (Wildman–Crippen LogP) is 2.71. The molecule has 0 radical (unpaired) electrons. The number of nitrogens with zero attached hydrogens (tertiary/aromatic N) is 3. The number of alkyl halides is 3. The third kappa shape index (κ3) is 3.53. The molecule has 1 fully saturated rings. The molecule has 23 heavy (non-hydrogen) atoms. The zero-order valence-corrected chi connectivity index (χ0v) is 12.3. The Labute approximate surface area is 130 Å². The van der Waals surface area contributed by atoms with Crippen molar-refractivity contribution in [2.75, 3.05) is 13.2 Å². The Morgan fingerprint density at radius 2 is 2.00 bits per heavy atom. The molecule has 0 bridgehead atoms. The summed E-state index contributed by atoms with van der Waals surface area (Å²) in [4.78, 5) is 6.28. The number of hydrogen-bond acceptors (Lipinski definition) is 5. The Hall–Kier alpha value is -1.93. The summed E-state index contributed by atoms with van der Waals surface area (Å²) in [5.41, 5.74) is -0.249. The molecule has 2 aromatic rings. The number of aromatic nitrogens is 2. The molecule has 1 aliphatic heterocycles. The summed E-state index contributed by atoms with van der Waals surface area (Å²) in [5, 5.41) is 13.1. The molecule has 0 aliphatic carbocycles. The fourth-order valence-electron chi connectivity index (χ4n) is 2.73. The largest absolute Gasteiger partial charge is 0.416 e. The number of halogens is 3. The van der Waals surface area contributed by atoms with E-state index >= 15 is 0 Å². The normalized spacial score (nSPS) is 19.4. The first-order valence-corrected chi connectivity index (χ1v) is 7.32. The molecule has 8 heteroatoms. The molecule has 1 N–H and O–H groups in total. The van der Waals surface area contributed by atoms with E-state index in [0.29, 0.717) is 18.0 Å². The van der Waals surface area contributed by atoms with Crippen LogP contribution in [0.3, 0.4) is 0 Å². The SMILES string of the molecule is OCC1CCCN1Cc1nc(-c2ccc(C(F)(F)F)cc2)no1. The van der Waals surface area contributed by atoms with Crippen LogP contribution in [-0.4, -0.2) is 39.3 Å². The lowest BCUT2D eigenvalue weighted by molar-refractivity contribution is -0.137. The molecule has 1 aromatic carbocycles. The van der Waals surface area contributed by atoms with Crippen LogP contribution in [0.1, 0.15) is 24.3 Å². The van der Waals surface area contributed by atoms with Crippen LogP contribution in [0.5, 0.6) is 0 Å². The van der Waals surface area contributed by atoms with Crippen LogP contribution in [0.4, 0.5) is 13.2 Å². The Balaban J connectivity index is 1.72. The Kier molecular flexibility index (Phi) is 4.36. The second kappa shape index (κ2) is 6.29. The van der Waals surface area contributed by atoms with Gasteiger partial charge >= 0.3 is 6.18 Å². The highest BCUT2D eigenvalue weighted by Gasteiger charge is 2.30. The van der Waals surface area contributed by atoms with Gasteiger partial charge in [0.05, 0.1) is 18.7 Å². The van der Waals surface area contributed by atoms with Gasteiger partial charge in [0.2, 0.25) is 11.7 Å². The highest BCUT2D eigenvalue weighted by atomic mass is 19.4. The molecular weight excluding hydrogens is 311 g/mol. The standard InChI is InChI=1S/C15H16F3N3O2/c16-15(17,18)11-5-3-10(4-6-11)14-19-13(23-20-14)8-21-7-1-2-12(21)9-22/h3-6,12,22H,1-2,7-9H2. The second-order valence-corrected chi connectivity index (χ2v) is 5.54. The van der Waals surface area contributed by atoms with Crippen LogP contribution < -0.4 is 0 Å². The van der Waals surface area contributed by atoms with Gasteiger partial charge in [-0.15, -0.1) is 0 Å². The first-order valence-electron chi connectivity index (χ1n) is 7.32. The van der Waals surface area contributed by atoms with E-state index in [9.17, 15) is 18.3 Å². The summed E-state index contributed by atoms with van der Waals surface area (Å²) in [6, 6.07) is 4.73. The van der Waals surface area contributed by atoms with E-state index in [1.807, 2.05) is 0 Å². The molecule has 1 aliphatic rings. The lowest BCUT2D eigenvalue weighted by atomic mass is 10.1. The minimum atomic E-state index is -4.37. The molecule has 3 rings (SSSR count). The summed E-state index contributed by atoms with van der Waals surface area (Å²) in [6.07, 6.45) is -2.43. The number of aliphatic hydroxyl groups is 1. The smallest absolute Gasteiger partial charge is 0.395 e. The number of benzene rings is 1. The fraction of sp³-hybridized carbons (Fsp3) is 0.467. The molecule has 124 valence electrons. The van der Waals surface area contributed by atoms with Crippen LogP contribution >= 0.6 is 0 Å². The first-order chi connectivity index (χ1) is 11.0. The summed E-state index contributed by atoms with van der Waals surface area (Å²) >= 11 is 0. The summed E-state index contributed by atoms with van der Waals surface area (Å²) < 4.78 is 42.8. The average molecular weight is 327 g/mol. The van der Waals surface area contributed by atoms with E-state index < -0.39 is 11.7 Å². The Bertz CT molecular complexity index is 655. The maximum atomic E-state index is 12.5. The molecule has 1 atom stereocenters. The van der Waals surface area contributed by atoms with Crippen molar-refractivity contribution in [3.8, 4) is 11.4 Å². The average Bonchev–Trinajstić information content (AvgIpc) is 3.16. The quantitative estimate of drug-likeness (QED) is 0.935. The Morgan fingerprint density at radius 1 is 1.26 bits per heavy atom. The topological polar surface area (TPSA) is 62.4 Å². The van der Waals surface area contributed by atoms with Crippen molar-refractivity contribution in [2.24, 2.45) is 0 Å². The van der Waals surface area contributed by atoms with E-state index in [0.717, 1.165) is 31.5 Å². The van der Waals surface area contributed by atoms with Crippen LogP contribution in [-0.2, 0) is 12.7 Å². The van der Waals surface area contributed by atoms with E-state index in [-0.39, 0.29) is 18.5 Å². The van der Waals surface area contributed by atoms with E-state index in [1.165, 1.54) is 12.1 Å². The van der Waals surface area contributed by atoms with Gasteiger partial charge < -0.3 is 9.63 Å². The summed E-state index contributed by atoms with van der Waals surface area (Å²) in [6.45, 7) is 1.36. The van der Waals surface area contributed by atoms with Gasteiger partial charge in [-0.25, -0.2) is 0 Å². The second-order valence-electron chi connectivity index (χ2n) is 5.54. The van der Waals surface area contributed by atoms with Crippen molar-refractivity contribution in [3.05, 3.63) is 35.7 Å². The molecule has 1 aromatic heterocycles. The minimum Gasteiger partial charge on any atom is -0.395 e. The van der Waals surface area contributed by atoms with Gasteiger partial charge in [0.15, 0.2) is 0 Å². The van der Waals surface area contributed by atoms with Crippen LogP contribution in [0.15, 0.2) is 28.8 Å². The van der Waals surface area contributed by atoms with Crippen molar-refractivity contribution < 1.29 is 22.8 Å². The van der Waals surface area contributed by atoms with Gasteiger partial charge in [0, 0.05) is 11.6 Å². The fourth-order valence-corrected chi connectivity index (χ4v) is 2.73. The molecular formula is C15H16F3N3O2. The first kappa shape index (κ1) is 15.9. The van der Waals surface area contributed by atoms with Crippen LogP contribution in [0, 0.1) is 0 Å². The van der Waals surface area contributed by atoms with Gasteiger partial charge in [-0.3, -0.25) is 4.90 Å². The monoisotopic (exact) mass is 327 g/mol. The van der Waals surface area contributed by atoms with Crippen molar-refractivity contribution in [1.29, 1.82) is 0 Å². The van der Waals surface area contributed by atoms with Crippen molar-refractivity contribution >= 4 is 0 Å². The number of hydrogen-bond donors (Lipinski definition) is 1. The molecule has 5 nitrogen and oxygen atoms in total. The lowest BCUT2D eigenvalue weighted by Crippen LogP contribution is -2.31. The molecule has 0 amide bonds. The van der Waals surface area contributed by atoms with Gasteiger partial charge in [-0.2, -0.15) is 18.2 Å². The Morgan fingerprint density at radius 3 is 2.65 bits per heavy atom. The highest BCUT2D eigenvalue weighted by Crippen LogP contribution is 2.30. The summed E-state index contributed by atoms with van der Waals surface area (Å²) in [7, 11) is 0. The zero-order chi connectivity index (χ0) is 16.4. The number of rotatable bonds is 4. The molecule has 2 heterocycles. The minimum absolute atomic E-state index is 0.0832. The van der Waals surface area contributed by atoms with E-state index in [4.69, 9.17) is 4.52 Å². The van der Waals surface area contributed by atoms with Crippen molar-refractivity contribution in [3.63, 3.8) is 0 Å². The third-order valence-electron chi connectivity index (χ3n) is 3.99. The van der Waals surface area contributed by atoms with E-state index in [2.05, 4.69) is 15.0 Å². The number of likely N-dealkylation sites (tertiary alicyclic amines) is 1. The van der Waals surface area contributed by atoms with Crippen molar-refractivity contribution in [1.82, 2.24) is 15.0 Å².